The van der Waals surface area contributed by atoms with E-state index in [9.17, 15) is 9.59 Å². The van der Waals surface area contributed by atoms with E-state index in [1.807, 2.05) is 6.92 Å². The molecule has 120 valence electrons. The van der Waals surface area contributed by atoms with Gasteiger partial charge in [-0.25, -0.2) is 4.79 Å². The number of benzene rings is 2. The molecule has 2 aromatic rings. The Kier molecular flexibility index (Phi) is 5.60. The van der Waals surface area contributed by atoms with Crippen LogP contribution in [0.1, 0.15) is 15.9 Å². The van der Waals surface area contributed by atoms with Gasteiger partial charge >= 0.3 is 5.97 Å². The van der Waals surface area contributed by atoms with Crippen LogP contribution in [0.4, 0.5) is 5.69 Å². The lowest BCUT2D eigenvalue weighted by Crippen LogP contribution is -2.21. The monoisotopic (exact) mass is 333 g/mol. The highest BCUT2D eigenvalue weighted by Crippen LogP contribution is 2.20. The van der Waals surface area contributed by atoms with E-state index < -0.39 is 18.5 Å². The standard InChI is InChI=1S/C17H16ClNO4/c1-11-7-8-12(18)9-14(11)19-16(20)10-23-17(21)13-5-3-4-6-15(13)22-2/h3-9H,10H2,1-2H3,(H,19,20). The summed E-state index contributed by atoms with van der Waals surface area (Å²) < 4.78 is 10.1. The number of rotatable bonds is 5. The second-order valence-corrected chi connectivity index (χ2v) is 5.22. The lowest BCUT2D eigenvalue weighted by atomic mass is 10.2. The minimum atomic E-state index is -0.625. The Labute approximate surface area is 139 Å². The van der Waals surface area contributed by atoms with Crippen molar-refractivity contribution in [3.8, 4) is 5.75 Å². The van der Waals surface area contributed by atoms with Crippen LogP contribution in [-0.4, -0.2) is 25.6 Å². The number of aryl methyl sites for hydroxylation is 1. The van der Waals surface area contributed by atoms with E-state index in [1.165, 1.54) is 7.11 Å². The molecule has 0 fully saturated rings. The summed E-state index contributed by atoms with van der Waals surface area (Å²) in [5, 5.41) is 3.17. The van der Waals surface area contributed by atoms with E-state index in [2.05, 4.69) is 5.32 Å². The lowest BCUT2D eigenvalue weighted by Gasteiger charge is -2.10. The third kappa shape index (κ3) is 4.47. The summed E-state index contributed by atoms with van der Waals surface area (Å²) in [7, 11) is 1.46. The Hall–Kier alpha value is -2.53. The highest BCUT2D eigenvalue weighted by molar-refractivity contribution is 6.31. The number of halogens is 1. The third-order valence-electron chi connectivity index (χ3n) is 3.13. The van der Waals surface area contributed by atoms with Gasteiger partial charge in [0.1, 0.15) is 11.3 Å². The van der Waals surface area contributed by atoms with Crippen molar-refractivity contribution in [3.05, 3.63) is 58.6 Å². The Morgan fingerprint density at radius 3 is 2.65 bits per heavy atom. The van der Waals surface area contributed by atoms with Gasteiger partial charge in [-0.2, -0.15) is 0 Å². The van der Waals surface area contributed by atoms with Crippen molar-refractivity contribution >= 4 is 29.2 Å². The largest absolute Gasteiger partial charge is 0.496 e. The summed E-state index contributed by atoms with van der Waals surface area (Å²) >= 11 is 5.89. The quantitative estimate of drug-likeness (QED) is 0.851. The topological polar surface area (TPSA) is 64.6 Å². The molecule has 0 radical (unpaired) electrons. The fourth-order valence-electron chi connectivity index (χ4n) is 1.94. The number of nitrogens with one attached hydrogen (secondary N) is 1. The molecular weight excluding hydrogens is 318 g/mol. The van der Waals surface area contributed by atoms with Crippen LogP contribution in [0.5, 0.6) is 5.75 Å². The van der Waals surface area contributed by atoms with Gasteiger partial charge < -0.3 is 14.8 Å². The van der Waals surface area contributed by atoms with Crippen molar-refractivity contribution in [2.24, 2.45) is 0 Å². The lowest BCUT2D eigenvalue weighted by molar-refractivity contribution is -0.119. The minimum absolute atomic E-state index is 0.265. The first-order valence-electron chi connectivity index (χ1n) is 6.87. The number of amides is 1. The van der Waals surface area contributed by atoms with Gasteiger partial charge in [0.15, 0.2) is 6.61 Å². The molecule has 5 nitrogen and oxygen atoms in total. The molecule has 2 aromatic carbocycles. The molecule has 2 rings (SSSR count). The molecule has 0 aliphatic rings. The third-order valence-corrected chi connectivity index (χ3v) is 3.37. The highest BCUT2D eigenvalue weighted by Gasteiger charge is 2.15. The number of carbonyl (C=O) groups is 2. The molecule has 0 aliphatic carbocycles. The highest BCUT2D eigenvalue weighted by atomic mass is 35.5. The Balaban J connectivity index is 1.96. The smallest absolute Gasteiger partial charge is 0.342 e. The molecule has 1 N–H and O–H groups in total. The number of hydrogen-bond acceptors (Lipinski definition) is 4. The SMILES string of the molecule is COc1ccccc1C(=O)OCC(=O)Nc1cc(Cl)ccc1C. The predicted molar refractivity (Wildman–Crippen MR) is 88.1 cm³/mol. The summed E-state index contributed by atoms with van der Waals surface area (Å²) in [5.74, 6) is -0.678. The van der Waals surface area contributed by atoms with Gasteiger partial charge in [0.25, 0.3) is 5.91 Å². The fraction of sp³-hybridized carbons (Fsp3) is 0.176. The average molecular weight is 334 g/mol. The van der Waals surface area contributed by atoms with E-state index >= 15 is 0 Å². The van der Waals surface area contributed by atoms with Crippen LogP contribution in [0, 0.1) is 6.92 Å². The number of methoxy groups -OCH3 is 1. The molecule has 0 spiro atoms. The molecule has 0 saturated carbocycles. The van der Waals surface area contributed by atoms with Gasteiger partial charge in [-0.1, -0.05) is 29.8 Å². The normalized spacial score (nSPS) is 10.0. The van der Waals surface area contributed by atoms with Gasteiger partial charge in [0.05, 0.1) is 7.11 Å². The summed E-state index contributed by atoms with van der Waals surface area (Å²) in [6.45, 7) is 1.44. The molecule has 23 heavy (non-hydrogen) atoms. The number of anilines is 1. The molecule has 0 saturated heterocycles. The molecule has 0 aromatic heterocycles. The summed E-state index contributed by atoms with van der Waals surface area (Å²) in [6, 6.07) is 11.8. The minimum Gasteiger partial charge on any atom is -0.496 e. The molecule has 1 amide bonds. The van der Waals surface area contributed by atoms with Crippen LogP contribution < -0.4 is 10.1 Å². The van der Waals surface area contributed by atoms with Gasteiger partial charge in [-0.05, 0) is 36.8 Å². The zero-order chi connectivity index (χ0) is 16.8. The molecule has 0 atom stereocenters. The fourth-order valence-corrected chi connectivity index (χ4v) is 2.11. The van der Waals surface area contributed by atoms with Gasteiger partial charge in [0, 0.05) is 10.7 Å². The summed E-state index contributed by atoms with van der Waals surface area (Å²) in [4.78, 5) is 23.9. The summed E-state index contributed by atoms with van der Waals surface area (Å²) in [5.41, 5.74) is 1.70. The van der Waals surface area contributed by atoms with Crippen LogP contribution in [0.15, 0.2) is 42.5 Å². The second-order valence-electron chi connectivity index (χ2n) is 4.78. The van der Waals surface area contributed by atoms with Crippen LogP contribution in [0.25, 0.3) is 0 Å². The maximum Gasteiger partial charge on any atom is 0.342 e. The van der Waals surface area contributed by atoms with E-state index in [0.29, 0.717) is 16.5 Å². The molecular formula is C17H16ClNO4. The van der Waals surface area contributed by atoms with Crippen molar-refractivity contribution in [2.45, 2.75) is 6.92 Å². The van der Waals surface area contributed by atoms with E-state index in [0.717, 1.165) is 5.56 Å². The maximum absolute atomic E-state index is 12.0. The number of para-hydroxylation sites is 1. The predicted octanol–water partition coefficient (Wildman–Crippen LogP) is 3.45. The van der Waals surface area contributed by atoms with Crippen molar-refractivity contribution in [2.75, 3.05) is 19.0 Å². The van der Waals surface area contributed by atoms with Gasteiger partial charge in [0.2, 0.25) is 0 Å². The van der Waals surface area contributed by atoms with Gasteiger partial charge in [-0.3, -0.25) is 4.79 Å². The molecule has 0 unspecified atom stereocenters. The molecule has 0 aliphatic heterocycles. The van der Waals surface area contributed by atoms with Crippen molar-refractivity contribution in [3.63, 3.8) is 0 Å². The first-order valence-corrected chi connectivity index (χ1v) is 7.25. The second kappa shape index (κ2) is 7.65. The van der Waals surface area contributed by atoms with Crippen LogP contribution in [-0.2, 0) is 9.53 Å². The number of esters is 1. The summed E-state index contributed by atoms with van der Waals surface area (Å²) in [6.07, 6.45) is 0. The number of hydrogen-bond donors (Lipinski definition) is 1. The van der Waals surface area contributed by atoms with Crippen molar-refractivity contribution in [1.82, 2.24) is 0 Å². The molecule has 6 heteroatoms. The maximum atomic E-state index is 12.0. The number of carbonyl (C=O) groups excluding carboxylic acids is 2. The van der Waals surface area contributed by atoms with Crippen molar-refractivity contribution in [1.29, 1.82) is 0 Å². The Morgan fingerprint density at radius 1 is 1.17 bits per heavy atom. The van der Waals surface area contributed by atoms with Crippen LogP contribution in [0.3, 0.4) is 0 Å². The zero-order valence-electron chi connectivity index (χ0n) is 12.8. The zero-order valence-corrected chi connectivity index (χ0v) is 13.5. The molecule has 0 heterocycles. The van der Waals surface area contributed by atoms with E-state index in [1.54, 1.807) is 42.5 Å². The first-order chi connectivity index (χ1) is 11.0. The van der Waals surface area contributed by atoms with Crippen LogP contribution >= 0.6 is 11.6 Å². The van der Waals surface area contributed by atoms with Crippen LogP contribution in [0.2, 0.25) is 5.02 Å². The Morgan fingerprint density at radius 2 is 1.91 bits per heavy atom. The van der Waals surface area contributed by atoms with E-state index in [-0.39, 0.29) is 5.56 Å². The molecule has 0 bridgehead atoms. The van der Waals surface area contributed by atoms with Gasteiger partial charge in [-0.15, -0.1) is 0 Å². The first kappa shape index (κ1) is 16.8. The van der Waals surface area contributed by atoms with E-state index in [4.69, 9.17) is 21.1 Å². The Bertz CT molecular complexity index is 730. The average Bonchev–Trinajstić information content (AvgIpc) is 2.56. The van der Waals surface area contributed by atoms with Crippen molar-refractivity contribution < 1.29 is 19.1 Å². The number of ether oxygens (including phenoxy) is 2.